The molecule has 0 aliphatic heterocycles. The van der Waals surface area contributed by atoms with E-state index in [1.807, 2.05) is 0 Å². The Kier molecular flexibility index (Phi) is 15.0. The smallest absolute Gasteiger partial charge is 0.392 e. The van der Waals surface area contributed by atoms with Crippen LogP contribution in [-0.4, -0.2) is 37.0 Å². The second-order valence-corrected chi connectivity index (χ2v) is 13.7. The van der Waals surface area contributed by atoms with Gasteiger partial charge in [-0.15, -0.1) is 0 Å². The van der Waals surface area contributed by atoms with Gasteiger partial charge < -0.3 is 5.11 Å². The molecule has 0 aliphatic rings. The zero-order chi connectivity index (χ0) is 26.5. The fourth-order valence-corrected chi connectivity index (χ4v) is 9.21. The molecule has 0 heterocycles. The summed E-state index contributed by atoms with van der Waals surface area (Å²) in [6.45, 7) is 10.9. The Balaban J connectivity index is 0.000000641. The Morgan fingerprint density at radius 3 is 1.15 bits per heavy atom. The first-order valence-corrected chi connectivity index (χ1v) is 15.0. The van der Waals surface area contributed by atoms with E-state index < -0.39 is 30.8 Å². The summed E-state index contributed by atoms with van der Waals surface area (Å²) in [5.41, 5.74) is -5.99. The van der Waals surface area contributed by atoms with Crippen molar-refractivity contribution in [3.8, 4) is 0 Å². The maximum Gasteiger partial charge on any atom is 0.392 e. The van der Waals surface area contributed by atoms with Crippen molar-refractivity contribution in [3.63, 3.8) is 0 Å². The quantitative estimate of drug-likeness (QED) is 0.190. The lowest BCUT2D eigenvalue weighted by Crippen LogP contribution is -2.63. The van der Waals surface area contributed by atoms with Crippen molar-refractivity contribution in [2.45, 2.75) is 104 Å². The Morgan fingerprint density at radius 1 is 0.618 bits per heavy atom. The van der Waals surface area contributed by atoms with Crippen LogP contribution in [0.1, 0.15) is 90.2 Å². The first-order valence-electron chi connectivity index (χ1n) is 12.5. The number of benzene rings is 1. The van der Waals surface area contributed by atoms with Gasteiger partial charge in [0.1, 0.15) is 5.60 Å². The molecule has 0 spiro atoms. The van der Waals surface area contributed by atoms with Gasteiger partial charge in [0.25, 0.3) is 0 Å². The zero-order valence-electron chi connectivity index (χ0n) is 21.4. The van der Waals surface area contributed by atoms with Crippen LogP contribution in [0, 0.1) is 6.92 Å². The van der Waals surface area contributed by atoms with E-state index >= 15 is 0 Å². The van der Waals surface area contributed by atoms with Crippen molar-refractivity contribution in [1.82, 2.24) is 0 Å². The third kappa shape index (κ3) is 10.0. The van der Waals surface area contributed by atoms with Crippen LogP contribution in [0.2, 0.25) is 0 Å². The molecule has 0 unspecified atom stereocenters. The van der Waals surface area contributed by atoms with Crippen LogP contribution in [0.4, 0.5) is 26.3 Å². The van der Waals surface area contributed by atoms with Gasteiger partial charge in [-0.2, -0.15) is 26.3 Å². The SMILES string of the molecule is CCCC[P+](CCCC)(CCCC)CCCC.Cc1ccc(C([O-])(C(F)(F)F)C(F)(F)F)cc1. The van der Waals surface area contributed by atoms with Crippen molar-refractivity contribution in [3.05, 3.63) is 35.4 Å². The Morgan fingerprint density at radius 2 is 0.912 bits per heavy atom. The first kappa shape index (κ1) is 33.2. The molecule has 0 aliphatic carbocycles. The molecular formula is C26H43F6OP. The molecule has 1 aromatic rings. The van der Waals surface area contributed by atoms with Gasteiger partial charge in [-0.05, 0) is 38.2 Å². The second kappa shape index (κ2) is 15.3. The number of hydrogen-bond donors (Lipinski definition) is 0. The molecule has 8 heteroatoms. The average Bonchev–Trinajstić information content (AvgIpc) is 2.77. The monoisotopic (exact) mass is 516 g/mol. The van der Waals surface area contributed by atoms with Crippen molar-refractivity contribution in [2.24, 2.45) is 0 Å². The van der Waals surface area contributed by atoms with E-state index in [2.05, 4.69) is 27.7 Å². The van der Waals surface area contributed by atoms with Gasteiger partial charge in [-0.3, -0.25) is 0 Å². The number of halogens is 6. The maximum atomic E-state index is 12.4. The van der Waals surface area contributed by atoms with E-state index in [9.17, 15) is 31.4 Å². The van der Waals surface area contributed by atoms with Gasteiger partial charge >= 0.3 is 12.4 Å². The van der Waals surface area contributed by atoms with Gasteiger partial charge in [0.15, 0.2) is 0 Å². The molecule has 0 fully saturated rings. The van der Waals surface area contributed by atoms with E-state index in [1.54, 1.807) is 24.6 Å². The summed E-state index contributed by atoms with van der Waals surface area (Å²) in [5, 5.41) is 11.2. The number of aryl methyl sites for hydroxylation is 1. The minimum atomic E-state index is -5.94. The maximum absolute atomic E-state index is 12.4. The van der Waals surface area contributed by atoms with Crippen molar-refractivity contribution >= 4 is 7.26 Å². The van der Waals surface area contributed by atoms with Gasteiger partial charge in [-0.25, -0.2) is 0 Å². The average molecular weight is 517 g/mol. The highest BCUT2D eigenvalue weighted by molar-refractivity contribution is 7.75. The fourth-order valence-electron chi connectivity index (χ4n) is 3.92. The van der Waals surface area contributed by atoms with Crippen LogP contribution in [0.3, 0.4) is 0 Å². The standard InChI is InChI=1S/C16H36P.C10H7F6O/c1-5-9-13-17(14-10-6-2,15-11-7-3)16-12-8-4;1-6-2-4-7(5-3-6)8(17,9(11,12)13)10(14,15)16/h5-16H2,1-4H3;2-5H,1H3/q+1;-1. The third-order valence-electron chi connectivity index (χ3n) is 6.20. The summed E-state index contributed by atoms with van der Waals surface area (Å²) in [7, 11) is -0.562. The second-order valence-electron chi connectivity index (χ2n) is 9.19. The largest absolute Gasteiger partial charge is 0.833 e. The molecule has 1 nitrogen and oxygen atoms in total. The van der Waals surface area contributed by atoms with Gasteiger partial charge in [-0.1, -0.05) is 83.2 Å². The highest BCUT2D eigenvalue weighted by Crippen LogP contribution is 2.61. The van der Waals surface area contributed by atoms with Crippen molar-refractivity contribution < 1.29 is 31.4 Å². The topological polar surface area (TPSA) is 23.1 Å². The van der Waals surface area contributed by atoms with Crippen LogP contribution < -0.4 is 5.11 Å². The lowest BCUT2D eigenvalue weighted by atomic mass is 9.92. The molecule has 200 valence electrons. The lowest BCUT2D eigenvalue weighted by molar-refractivity contribution is -0.604. The summed E-state index contributed by atoms with van der Waals surface area (Å²) in [4.78, 5) is 0. The van der Waals surface area contributed by atoms with E-state index in [-0.39, 0.29) is 0 Å². The number of unbranched alkanes of at least 4 members (excludes halogenated alkanes) is 4. The summed E-state index contributed by atoms with van der Waals surface area (Å²) in [5.74, 6) is 0. The molecule has 0 aromatic heterocycles. The van der Waals surface area contributed by atoms with Gasteiger partial charge in [0, 0.05) is 7.26 Å². The zero-order valence-corrected chi connectivity index (χ0v) is 22.3. The minimum Gasteiger partial charge on any atom is -0.833 e. The van der Waals surface area contributed by atoms with Crippen molar-refractivity contribution in [2.75, 3.05) is 24.6 Å². The molecule has 0 atom stereocenters. The molecular weight excluding hydrogens is 473 g/mol. The molecule has 1 aromatic carbocycles. The Hall–Kier alpha value is -0.810. The highest BCUT2D eigenvalue weighted by atomic mass is 31.2. The molecule has 0 N–H and O–H groups in total. The molecule has 0 radical (unpaired) electrons. The number of rotatable bonds is 13. The molecule has 34 heavy (non-hydrogen) atoms. The summed E-state index contributed by atoms with van der Waals surface area (Å²) >= 11 is 0. The Bertz CT molecular complexity index is 603. The fraction of sp³-hybridized carbons (Fsp3) is 0.769. The number of alkyl halides is 6. The summed E-state index contributed by atoms with van der Waals surface area (Å²) in [6, 6.07) is 3.14. The van der Waals surface area contributed by atoms with E-state index in [4.69, 9.17) is 0 Å². The predicted octanol–water partition coefficient (Wildman–Crippen LogP) is 8.88. The molecule has 0 amide bonds. The molecule has 0 saturated heterocycles. The first-order chi connectivity index (χ1) is 15.7. The molecule has 1 rings (SSSR count). The highest BCUT2D eigenvalue weighted by Gasteiger charge is 2.62. The van der Waals surface area contributed by atoms with Crippen LogP contribution in [0.25, 0.3) is 0 Å². The molecule has 0 saturated carbocycles. The van der Waals surface area contributed by atoms with Crippen LogP contribution >= 0.6 is 7.26 Å². The van der Waals surface area contributed by atoms with Gasteiger partial charge in [0.05, 0.1) is 24.6 Å². The molecule has 0 bridgehead atoms. The van der Waals surface area contributed by atoms with E-state index in [1.165, 1.54) is 58.3 Å². The Labute approximate surface area is 203 Å². The minimum absolute atomic E-state index is 0.459. The van der Waals surface area contributed by atoms with Crippen LogP contribution in [-0.2, 0) is 5.60 Å². The van der Waals surface area contributed by atoms with Crippen molar-refractivity contribution in [1.29, 1.82) is 0 Å². The van der Waals surface area contributed by atoms with Crippen LogP contribution in [0.15, 0.2) is 24.3 Å². The predicted molar refractivity (Wildman–Crippen MR) is 131 cm³/mol. The lowest BCUT2D eigenvalue weighted by Gasteiger charge is -2.43. The summed E-state index contributed by atoms with van der Waals surface area (Å²) in [6.07, 6.45) is 6.06. The van der Waals surface area contributed by atoms with Gasteiger partial charge in [0.2, 0.25) is 0 Å². The van der Waals surface area contributed by atoms with E-state index in [0.29, 0.717) is 17.7 Å². The number of hydrogen-bond acceptors (Lipinski definition) is 1. The normalized spacial score (nSPS) is 12.9. The summed E-state index contributed by atoms with van der Waals surface area (Å²) < 4.78 is 74.1. The van der Waals surface area contributed by atoms with E-state index in [0.717, 1.165) is 12.1 Å². The van der Waals surface area contributed by atoms with Crippen LogP contribution in [0.5, 0.6) is 0 Å². The third-order valence-corrected chi connectivity index (χ3v) is 11.3.